The van der Waals surface area contributed by atoms with Gasteiger partial charge in [-0.15, -0.1) is 0 Å². The topological polar surface area (TPSA) is 55.8 Å². The smallest absolute Gasteiger partial charge is 0.317 e. The first-order valence-electron chi connectivity index (χ1n) is 9.19. The first kappa shape index (κ1) is 17.2. The Morgan fingerprint density at radius 2 is 1.88 bits per heavy atom. The molecule has 2 aliphatic rings. The van der Waals surface area contributed by atoms with Crippen molar-refractivity contribution in [2.24, 2.45) is 5.92 Å². The van der Waals surface area contributed by atoms with E-state index in [1.807, 2.05) is 11.0 Å². The summed E-state index contributed by atoms with van der Waals surface area (Å²) < 4.78 is 0. The minimum absolute atomic E-state index is 0.0151. The summed E-state index contributed by atoms with van der Waals surface area (Å²) in [4.78, 5) is 16.6. The van der Waals surface area contributed by atoms with Crippen LogP contribution in [0.5, 0.6) is 0 Å². The van der Waals surface area contributed by atoms with Crippen molar-refractivity contribution < 1.29 is 9.90 Å². The molecule has 3 rings (SSSR count). The van der Waals surface area contributed by atoms with Crippen LogP contribution in [0.25, 0.3) is 0 Å². The van der Waals surface area contributed by atoms with Gasteiger partial charge in [0, 0.05) is 38.7 Å². The molecule has 0 aromatic heterocycles. The van der Waals surface area contributed by atoms with Crippen LogP contribution in [0.4, 0.5) is 4.79 Å². The Morgan fingerprint density at radius 1 is 1.12 bits per heavy atom. The summed E-state index contributed by atoms with van der Waals surface area (Å²) in [6.45, 7) is 5.48. The molecule has 2 N–H and O–H groups in total. The van der Waals surface area contributed by atoms with Gasteiger partial charge >= 0.3 is 6.03 Å². The molecule has 2 amide bonds. The number of aliphatic hydroxyl groups excluding tert-OH is 1. The van der Waals surface area contributed by atoms with Gasteiger partial charge in [-0.2, -0.15) is 0 Å². The van der Waals surface area contributed by atoms with E-state index in [9.17, 15) is 9.90 Å². The quantitative estimate of drug-likeness (QED) is 0.870. The minimum atomic E-state index is -0.0151. The van der Waals surface area contributed by atoms with Crippen LogP contribution in [0.3, 0.4) is 0 Å². The highest BCUT2D eigenvalue weighted by Crippen LogP contribution is 2.17. The first-order valence-corrected chi connectivity index (χ1v) is 9.19. The number of rotatable bonds is 5. The van der Waals surface area contributed by atoms with Gasteiger partial charge in [0.1, 0.15) is 0 Å². The third kappa shape index (κ3) is 4.48. The molecular formula is C19H29N3O2. The Morgan fingerprint density at radius 3 is 2.58 bits per heavy atom. The lowest BCUT2D eigenvalue weighted by atomic mass is 10.0. The van der Waals surface area contributed by atoms with Crippen molar-refractivity contribution in [3.05, 3.63) is 35.4 Å². The van der Waals surface area contributed by atoms with Gasteiger partial charge in [-0.25, -0.2) is 4.79 Å². The molecule has 5 heteroatoms. The van der Waals surface area contributed by atoms with Crippen molar-refractivity contribution >= 4 is 6.03 Å². The van der Waals surface area contributed by atoms with Gasteiger partial charge in [0.05, 0.1) is 0 Å². The van der Waals surface area contributed by atoms with Crippen LogP contribution in [-0.2, 0) is 13.1 Å². The van der Waals surface area contributed by atoms with Gasteiger partial charge < -0.3 is 15.3 Å². The fourth-order valence-electron chi connectivity index (χ4n) is 3.69. The monoisotopic (exact) mass is 331 g/mol. The molecule has 1 atom stereocenters. The Labute approximate surface area is 144 Å². The number of urea groups is 1. The summed E-state index contributed by atoms with van der Waals surface area (Å²) in [6, 6.07) is 8.39. The zero-order valence-corrected chi connectivity index (χ0v) is 14.4. The van der Waals surface area contributed by atoms with Crippen molar-refractivity contribution in [2.75, 3.05) is 32.8 Å². The average Bonchev–Trinajstić information content (AvgIpc) is 3.11. The fraction of sp³-hybridized carbons (Fsp3) is 0.632. The summed E-state index contributed by atoms with van der Waals surface area (Å²) in [5.74, 6) is 0.238. The summed E-state index contributed by atoms with van der Waals surface area (Å²) in [7, 11) is 0. The van der Waals surface area contributed by atoms with Gasteiger partial charge in [-0.05, 0) is 43.5 Å². The molecule has 0 saturated carbocycles. The summed E-state index contributed by atoms with van der Waals surface area (Å²) in [6.07, 6.45) is 4.83. The molecule has 5 nitrogen and oxygen atoms in total. The van der Waals surface area contributed by atoms with Crippen molar-refractivity contribution in [1.29, 1.82) is 0 Å². The molecular weight excluding hydrogens is 302 g/mol. The van der Waals surface area contributed by atoms with Crippen LogP contribution in [0.15, 0.2) is 24.3 Å². The number of nitrogens with one attached hydrogen (secondary N) is 1. The zero-order valence-electron chi connectivity index (χ0n) is 14.4. The molecule has 2 heterocycles. The van der Waals surface area contributed by atoms with E-state index in [0.29, 0.717) is 13.1 Å². The molecule has 2 aliphatic heterocycles. The Kier molecular flexibility index (Phi) is 6.10. The second-order valence-electron chi connectivity index (χ2n) is 7.05. The van der Waals surface area contributed by atoms with Gasteiger partial charge in [0.15, 0.2) is 0 Å². The van der Waals surface area contributed by atoms with E-state index in [4.69, 9.17) is 0 Å². The van der Waals surface area contributed by atoms with E-state index in [0.717, 1.165) is 19.5 Å². The second-order valence-corrected chi connectivity index (χ2v) is 7.05. The highest BCUT2D eigenvalue weighted by Gasteiger charge is 2.25. The number of carbonyl (C=O) groups excluding carboxylic acids is 1. The van der Waals surface area contributed by atoms with Gasteiger partial charge in [0.25, 0.3) is 0 Å². The lowest BCUT2D eigenvalue weighted by Gasteiger charge is -2.27. The Bertz CT molecular complexity index is 543. The average molecular weight is 331 g/mol. The van der Waals surface area contributed by atoms with Gasteiger partial charge in [-0.3, -0.25) is 4.90 Å². The number of benzene rings is 1. The lowest BCUT2D eigenvalue weighted by molar-refractivity contribution is 0.197. The van der Waals surface area contributed by atoms with E-state index in [1.54, 1.807) is 0 Å². The largest absolute Gasteiger partial charge is 0.396 e. The molecule has 132 valence electrons. The van der Waals surface area contributed by atoms with Crippen molar-refractivity contribution in [1.82, 2.24) is 15.1 Å². The molecule has 1 aromatic carbocycles. The molecule has 0 aliphatic carbocycles. The van der Waals surface area contributed by atoms with Crippen LogP contribution in [-0.4, -0.2) is 53.7 Å². The molecule has 24 heavy (non-hydrogen) atoms. The predicted molar refractivity (Wildman–Crippen MR) is 94.6 cm³/mol. The number of piperidine rings is 1. The number of amides is 2. The normalized spacial score (nSPS) is 21.9. The summed E-state index contributed by atoms with van der Waals surface area (Å²) >= 11 is 0. The second kappa shape index (κ2) is 8.49. The molecule has 2 fully saturated rings. The SMILES string of the molecule is O=C(NCc1ccccc1CN1CCCCC1)N1CCC(CO)C1. The standard InChI is InChI=1S/C19H29N3O2/c23-15-16-8-11-22(13-16)19(24)20-12-17-6-2-3-7-18(17)14-21-9-4-1-5-10-21/h2-3,6-7,16,23H,1,4-5,8-15H2,(H,20,24). The molecule has 1 unspecified atom stereocenters. The molecule has 0 radical (unpaired) electrons. The third-order valence-electron chi connectivity index (χ3n) is 5.22. The maximum absolute atomic E-state index is 12.3. The molecule has 2 saturated heterocycles. The number of hydrogen-bond acceptors (Lipinski definition) is 3. The highest BCUT2D eigenvalue weighted by atomic mass is 16.3. The number of nitrogens with zero attached hydrogens (tertiary/aromatic N) is 2. The number of hydrogen-bond donors (Lipinski definition) is 2. The molecule has 1 aromatic rings. The predicted octanol–water partition coefficient (Wildman–Crippen LogP) is 2.20. The first-order chi connectivity index (χ1) is 11.8. The van der Waals surface area contributed by atoms with Crippen LogP contribution in [0.1, 0.15) is 36.8 Å². The van der Waals surface area contributed by atoms with Crippen molar-refractivity contribution in [2.45, 2.75) is 38.8 Å². The summed E-state index contributed by atoms with van der Waals surface area (Å²) in [5, 5.41) is 12.3. The minimum Gasteiger partial charge on any atom is -0.396 e. The van der Waals surface area contributed by atoms with Crippen LogP contribution in [0.2, 0.25) is 0 Å². The van der Waals surface area contributed by atoms with Crippen LogP contribution < -0.4 is 5.32 Å². The van der Waals surface area contributed by atoms with E-state index in [-0.39, 0.29) is 18.6 Å². The van der Waals surface area contributed by atoms with Crippen molar-refractivity contribution in [3.63, 3.8) is 0 Å². The number of aliphatic hydroxyl groups is 1. The summed E-state index contributed by atoms with van der Waals surface area (Å²) in [5.41, 5.74) is 2.52. The number of carbonyl (C=O) groups is 1. The Balaban J connectivity index is 1.54. The fourth-order valence-corrected chi connectivity index (χ4v) is 3.69. The third-order valence-corrected chi connectivity index (χ3v) is 5.22. The van der Waals surface area contributed by atoms with Crippen molar-refractivity contribution in [3.8, 4) is 0 Å². The maximum atomic E-state index is 12.3. The highest BCUT2D eigenvalue weighted by molar-refractivity contribution is 5.74. The molecule has 0 spiro atoms. The Hall–Kier alpha value is -1.59. The van der Waals surface area contributed by atoms with E-state index in [1.165, 1.54) is 43.5 Å². The van der Waals surface area contributed by atoms with Gasteiger partial charge in [0.2, 0.25) is 0 Å². The number of likely N-dealkylation sites (tertiary alicyclic amines) is 2. The van der Waals surface area contributed by atoms with E-state index < -0.39 is 0 Å². The van der Waals surface area contributed by atoms with Crippen LogP contribution in [0, 0.1) is 5.92 Å². The van der Waals surface area contributed by atoms with E-state index in [2.05, 4.69) is 28.4 Å². The lowest BCUT2D eigenvalue weighted by Crippen LogP contribution is -2.38. The maximum Gasteiger partial charge on any atom is 0.317 e. The van der Waals surface area contributed by atoms with E-state index >= 15 is 0 Å². The van der Waals surface area contributed by atoms with Crippen LogP contribution >= 0.6 is 0 Å². The van der Waals surface area contributed by atoms with Gasteiger partial charge in [-0.1, -0.05) is 30.7 Å². The molecule has 0 bridgehead atoms. The zero-order chi connectivity index (χ0) is 16.8.